The molecule has 1 aromatic carbocycles. The molecule has 3 rings (SSSR count). The molecule has 11 heteroatoms. The van der Waals surface area contributed by atoms with Crippen molar-refractivity contribution in [2.45, 2.75) is 49.8 Å². The molecule has 1 aliphatic carbocycles. The Hall–Kier alpha value is -2.79. The number of anilines is 1. The van der Waals surface area contributed by atoms with Crippen molar-refractivity contribution in [3.63, 3.8) is 0 Å². The van der Waals surface area contributed by atoms with Crippen LogP contribution in [0.2, 0.25) is 0 Å². The third-order valence-corrected chi connectivity index (χ3v) is 8.32. The summed E-state index contributed by atoms with van der Waals surface area (Å²) in [5.41, 5.74) is 1.09. The number of halogens is 1. The van der Waals surface area contributed by atoms with Crippen LogP contribution in [0.4, 0.5) is 14.2 Å². The number of sulfone groups is 1. The summed E-state index contributed by atoms with van der Waals surface area (Å²) in [6, 6.07) is 4.52. The lowest BCUT2D eigenvalue weighted by Gasteiger charge is -2.09. The predicted molar refractivity (Wildman–Crippen MR) is 122 cm³/mol. The number of benzene rings is 1. The molecule has 0 saturated heterocycles. The second kappa shape index (κ2) is 10.9. The van der Waals surface area contributed by atoms with Crippen LogP contribution in [0, 0.1) is 5.82 Å². The van der Waals surface area contributed by atoms with E-state index in [0.717, 1.165) is 55.4 Å². The fourth-order valence-electron chi connectivity index (χ4n) is 3.65. The minimum atomic E-state index is -3.65. The Bertz CT molecular complexity index is 1140. The van der Waals surface area contributed by atoms with Gasteiger partial charge in [-0.3, -0.25) is 14.9 Å². The van der Waals surface area contributed by atoms with Gasteiger partial charge in [-0.15, -0.1) is 11.3 Å². The van der Waals surface area contributed by atoms with E-state index in [0.29, 0.717) is 11.4 Å². The average molecular weight is 497 g/mol. The molecule has 2 aromatic rings. The summed E-state index contributed by atoms with van der Waals surface area (Å²) in [5.74, 6) is -1.89. The van der Waals surface area contributed by atoms with Crippen LogP contribution in [0.1, 0.15) is 52.9 Å². The third-order valence-electron chi connectivity index (χ3n) is 5.29. The van der Waals surface area contributed by atoms with Crippen LogP contribution in [0.15, 0.2) is 29.2 Å². The van der Waals surface area contributed by atoms with E-state index in [-0.39, 0.29) is 29.1 Å². The van der Waals surface area contributed by atoms with Gasteiger partial charge in [0.05, 0.1) is 23.3 Å². The molecule has 0 spiro atoms. The molecule has 0 radical (unpaired) electrons. The van der Waals surface area contributed by atoms with Gasteiger partial charge in [-0.05, 0) is 61.9 Å². The number of imide groups is 1. The number of hydrogen-bond donors (Lipinski definition) is 2. The number of methoxy groups -OCH3 is 1. The van der Waals surface area contributed by atoms with Crippen LogP contribution in [-0.2, 0) is 32.2 Å². The van der Waals surface area contributed by atoms with Gasteiger partial charge < -0.3 is 10.1 Å². The van der Waals surface area contributed by atoms with Crippen LogP contribution < -0.4 is 10.6 Å². The van der Waals surface area contributed by atoms with E-state index in [1.165, 1.54) is 23.5 Å². The Balaban J connectivity index is 1.69. The maximum Gasteiger partial charge on any atom is 0.413 e. The maximum atomic E-state index is 13.0. The zero-order valence-corrected chi connectivity index (χ0v) is 19.7. The lowest BCUT2D eigenvalue weighted by atomic mass is 10.0. The van der Waals surface area contributed by atoms with Crippen LogP contribution in [0.3, 0.4) is 0 Å². The number of rotatable bonds is 7. The summed E-state index contributed by atoms with van der Waals surface area (Å²) in [6.45, 7) is 0. The Morgan fingerprint density at radius 2 is 1.79 bits per heavy atom. The first kappa shape index (κ1) is 24.8. The summed E-state index contributed by atoms with van der Waals surface area (Å²) in [5, 5.41) is 5.21. The molecule has 1 heterocycles. The van der Waals surface area contributed by atoms with Gasteiger partial charge in [0, 0.05) is 11.3 Å². The number of thiophene rings is 1. The van der Waals surface area contributed by atoms with E-state index in [2.05, 4.69) is 15.4 Å². The maximum absolute atomic E-state index is 13.0. The van der Waals surface area contributed by atoms with E-state index >= 15 is 0 Å². The molecule has 33 heavy (non-hydrogen) atoms. The van der Waals surface area contributed by atoms with Gasteiger partial charge in [-0.25, -0.2) is 17.6 Å². The monoisotopic (exact) mass is 496 g/mol. The lowest BCUT2D eigenvalue weighted by molar-refractivity contribution is -0.116. The van der Waals surface area contributed by atoms with Crippen molar-refractivity contribution in [3.05, 3.63) is 46.1 Å². The van der Waals surface area contributed by atoms with Gasteiger partial charge in [0.1, 0.15) is 10.8 Å². The van der Waals surface area contributed by atoms with Crippen molar-refractivity contribution in [1.82, 2.24) is 5.32 Å². The first-order valence-electron chi connectivity index (χ1n) is 10.5. The van der Waals surface area contributed by atoms with Crippen LogP contribution in [-0.4, -0.2) is 39.2 Å². The van der Waals surface area contributed by atoms with Crippen molar-refractivity contribution >= 4 is 44.1 Å². The normalized spacial score (nSPS) is 13.5. The van der Waals surface area contributed by atoms with E-state index < -0.39 is 33.6 Å². The third kappa shape index (κ3) is 6.38. The molecule has 0 saturated carbocycles. The molecule has 0 unspecified atom stereocenters. The van der Waals surface area contributed by atoms with Crippen molar-refractivity contribution in [2.24, 2.45) is 0 Å². The number of nitrogens with one attached hydrogen (secondary N) is 2. The van der Waals surface area contributed by atoms with Crippen LogP contribution in [0.25, 0.3) is 0 Å². The molecule has 2 N–H and O–H groups in total. The zero-order valence-electron chi connectivity index (χ0n) is 18.1. The van der Waals surface area contributed by atoms with Gasteiger partial charge in [0.15, 0.2) is 9.84 Å². The smallest absolute Gasteiger partial charge is 0.413 e. The van der Waals surface area contributed by atoms with Gasteiger partial charge in [-0.1, -0.05) is 6.42 Å². The fourth-order valence-corrected chi connectivity index (χ4v) is 6.26. The number of alkyl carbamates (subject to hydrolysis) is 1. The lowest BCUT2D eigenvalue weighted by Crippen LogP contribution is -2.31. The topological polar surface area (TPSA) is 119 Å². The molecular formula is C22H25FN2O6S2. The Kier molecular flexibility index (Phi) is 8.20. The highest BCUT2D eigenvalue weighted by atomic mass is 32.2. The second-order valence-electron chi connectivity index (χ2n) is 7.64. The van der Waals surface area contributed by atoms with E-state index in [1.54, 1.807) is 0 Å². The van der Waals surface area contributed by atoms with Crippen molar-refractivity contribution in [3.8, 4) is 0 Å². The first-order chi connectivity index (χ1) is 15.7. The molecule has 1 aliphatic rings. The Morgan fingerprint density at radius 3 is 2.48 bits per heavy atom. The molecule has 0 fully saturated rings. The van der Waals surface area contributed by atoms with Crippen molar-refractivity contribution in [2.75, 3.05) is 18.2 Å². The van der Waals surface area contributed by atoms with Crippen LogP contribution in [0.5, 0.6) is 0 Å². The summed E-state index contributed by atoms with van der Waals surface area (Å²) >= 11 is 1.31. The molecule has 0 atom stereocenters. The standard InChI is InChI=1S/C22H25FN2O6S2/c1-31-22(28)25-20(27)19-16-6-3-2-4-7-17(16)32-21(19)24-18(26)8-5-13-33(29,30)15-11-9-14(23)10-12-15/h9-12H,2-8,13H2,1H3,(H,24,26)(H,25,27,28). The number of fused-ring (bicyclic) bond motifs is 1. The Labute approximate surface area is 195 Å². The van der Waals surface area contributed by atoms with Gasteiger partial charge in [-0.2, -0.15) is 0 Å². The van der Waals surface area contributed by atoms with Crippen molar-refractivity contribution < 1.29 is 31.9 Å². The van der Waals surface area contributed by atoms with Gasteiger partial charge >= 0.3 is 6.09 Å². The molecule has 3 amide bonds. The van der Waals surface area contributed by atoms with Crippen molar-refractivity contribution in [1.29, 1.82) is 0 Å². The van der Waals surface area contributed by atoms with E-state index in [9.17, 15) is 27.2 Å². The minimum absolute atomic E-state index is 0.00641. The first-order valence-corrected chi connectivity index (χ1v) is 13.0. The fraction of sp³-hybridized carbons (Fsp3) is 0.409. The second-order valence-corrected chi connectivity index (χ2v) is 10.9. The van der Waals surface area contributed by atoms with Gasteiger partial charge in [0.2, 0.25) is 5.91 Å². The SMILES string of the molecule is COC(=O)NC(=O)c1c(NC(=O)CCCS(=O)(=O)c2ccc(F)cc2)sc2c1CCCCC2. The summed E-state index contributed by atoms with van der Waals surface area (Å²) < 4.78 is 42.3. The molecule has 0 bridgehead atoms. The summed E-state index contributed by atoms with van der Waals surface area (Å²) in [4.78, 5) is 37.8. The minimum Gasteiger partial charge on any atom is -0.453 e. The number of aryl methyl sites for hydroxylation is 1. The highest BCUT2D eigenvalue weighted by Gasteiger charge is 2.27. The van der Waals surface area contributed by atoms with Gasteiger partial charge in [0.25, 0.3) is 5.91 Å². The molecule has 8 nitrogen and oxygen atoms in total. The molecular weight excluding hydrogens is 471 g/mol. The highest BCUT2D eigenvalue weighted by Crippen LogP contribution is 2.37. The molecule has 0 aliphatic heterocycles. The number of carbonyl (C=O) groups is 3. The summed E-state index contributed by atoms with van der Waals surface area (Å²) in [6.07, 6.45) is 3.44. The quantitative estimate of drug-likeness (QED) is 0.444. The zero-order chi connectivity index (χ0) is 24.0. The van der Waals surface area contributed by atoms with E-state index in [4.69, 9.17) is 0 Å². The Morgan fingerprint density at radius 1 is 1.09 bits per heavy atom. The number of ether oxygens (including phenoxy) is 1. The average Bonchev–Trinajstić information content (AvgIpc) is 2.94. The number of hydrogen-bond acceptors (Lipinski definition) is 7. The largest absolute Gasteiger partial charge is 0.453 e. The molecule has 1 aromatic heterocycles. The number of amides is 3. The van der Waals surface area contributed by atoms with Crippen LogP contribution >= 0.6 is 11.3 Å². The number of carbonyl (C=O) groups excluding carboxylic acids is 3. The predicted octanol–water partition coefficient (Wildman–Crippen LogP) is 3.84. The summed E-state index contributed by atoms with van der Waals surface area (Å²) in [7, 11) is -2.50. The highest BCUT2D eigenvalue weighted by molar-refractivity contribution is 7.91. The molecule has 178 valence electrons. The van der Waals surface area contributed by atoms with E-state index in [1.807, 2.05) is 0 Å².